The van der Waals surface area contributed by atoms with Gasteiger partial charge in [0, 0.05) is 19.4 Å². The summed E-state index contributed by atoms with van der Waals surface area (Å²) in [6.45, 7) is 3.69. The van der Waals surface area contributed by atoms with Crippen LogP contribution in [-0.4, -0.2) is 49.3 Å². The van der Waals surface area contributed by atoms with E-state index in [9.17, 15) is 19.0 Å². The van der Waals surface area contributed by atoms with Gasteiger partial charge >= 0.3 is 19.8 Å². The molecule has 0 saturated carbocycles. The predicted molar refractivity (Wildman–Crippen MR) is 395 cm³/mol. The van der Waals surface area contributed by atoms with Crippen molar-refractivity contribution >= 4 is 19.8 Å². The molecule has 0 heterocycles. The molecule has 0 aromatic carbocycles. The molecule has 0 aliphatic heterocycles. The van der Waals surface area contributed by atoms with E-state index in [1.807, 2.05) is 0 Å². The zero-order valence-corrected chi connectivity index (χ0v) is 61.0. The Morgan fingerprint density at radius 3 is 0.901 bits per heavy atom. The van der Waals surface area contributed by atoms with E-state index >= 15 is 0 Å². The summed E-state index contributed by atoms with van der Waals surface area (Å²) in [4.78, 5) is 35.4. The van der Waals surface area contributed by atoms with Crippen LogP contribution in [0.4, 0.5) is 0 Å². The minimum atomic E-state index is -4.39. The summed E-state index contributed by atoms with van der Waals surface area (Å²) in [5.74, 6) is -0.805. The summed E-state index contributed by atoms with van der Waals surface area (Å²) >= 11 is 0. The van der Waals surface area contributed by atoms with Gasteiger partial charge in [-0.25, -0.2) is 4.57 Å². The van der Waals surface area contributed by atoms with Crippen molar-refractivity contribution in [3.05, 3.63) is 72.9 Å². The summed E-state index contributed by atoms with van der Waals surface area (Å²) in [6.07, 6.45) is 102. The van der Waals surface area contributed by atoms with Crippen LogP contribution in [0.2, 0.25) is 0 Å². The van der Waals surface area contributed by atoms with Gasteiger partial charge in [0.05, 0.1) is 13.2 Å². The Bertz CT molecular complexity index is 1720. The van der Waals surface area contributed by atoms with Gasteiger partial charge < -0.3 is 20.1 Å². The molecule has 0 aromatic rings. The van der Waals surface area contributed by atoms with Gasteiger partial charge in [0.2, 0.25) is 0 Å². The van der Waals surface area contributed by atoms with Crippen LogP contribution >= 0.6 is 7.82 Å². The Balaban J connectivity index is 3.75. The highest BCUT2D eigenvalue weighted by Gasteiger charge is 2.26. The number of nitrogens with two attached hydrogens (primary N) is 1. The largest absolute Gasteiger partial charge is 0.472 e. The molecule has 0 saturated heterocycles. The van der Waals surface area contributed by atoms with Crippen LogP contribution in [0.3, 0.4) is 0 Å². The first-order valence-corrected chi connectivity index (χ1v) is 40.9. The molecule has 0 rings (SSSR count). The highest BCUT2D eigenvalue weighted by Crippen LogP contribution is 2.43. The lowest BCUT2D eigenvalue weighted by molar-refractivity contribution is -0.161. The fourth-order valence-electron chi connectivity index (χ4n) is 11.8. The van der Waals surface area contributed by atoms with Gasteiger partial charge in [-0.05, 0) is 83.5 Å². The van der Waals surface area contributed by atoms with Gasteiger partial charge in [-0.3, -0.25) is 18.6 Å². The molecule has 2 unspecified atom stereocenters. The third-order valence-electron chi connectivity index (χ3n) is 17.6. The maximum Gasteiger partial charge on any atom is 0.472 e. The number of carbonyl (C=O) groups excluding carboxylic acids is 2. The summed E-state index contributed by atoms with van der Waals surface area (Å²) < 4.78 is 33.3. The van der Waals surface area contributed by atoms with E-state index < -0.39 is 26.5 Å². The molecule has 0 radical (unpaired) electrons. The first kappa shape index (κ1) is 88.5. The molecule has 2 atom stereocenters. The first-order valence-electron chi connectivity index (χ1n) is 39.4. The van der Waals surface area contributed by atoms with E-state index in [0.29, 0.717) is 6.42 Å². The number of unbranched alkanes of at least 4 members (excludes halogenated alkanes) is 50. The van der Waals surface area contributed by atoms with Crippen LogP contribution in [-0.2, 0) is 32.7 Å². The Hall–Kier alpha value is -2.55. The fraction of sp³-hybridized carbons (Fsp3) is 0.827. The quantitative estimate of drug-likeness (QED) is 0.0264. The van der Waals surface area contributed by atoms with Crippen molar-refractivity contribution in [3.63, 3.8) is 0 Å². The van der Waals surface area contributed by atoms with Crippen molar-refractivity contribution in [3.8, 4) is 0 Å². The van der Waals surface area contributed by atoms with E-state index in [0.717, 1.165) is 64.2 Å². The van der Waals surface area contributed by atoms with Crippen LogP contribution in [0, 0.1) is 0 Å². The van der Waals surface area contributed by atoms with Gasteiger partial charge in [-0.2, -0.15) is 0 Å². The number of hydrogen-bond donors (Lipinski definition) is 2. The molecule has 0 bridgehead atoms. The highest BCUT2D eigenvalue weighted by atomic mass is 31.2. The molecule has 532 valence electrons. The zero-order valence-electron chi connectivity index (χ0n) is 60.1. The Kier molecular flexibility index (Phi) is 74.3. The average molecular weight is 1300 g/mol. The summed E-state index contributed by atoms with van der Waals surface area (Å²) in [5.41, 5.74) is 5.41. The number of phosphoric ester groups is 1. The molecule has 0 aliphatic rings. The minimum Gasteiger partial charge on any atom is -0.462 e. The van der Waals surface area contributed by atoms with Crippen LogP contribution in [0.5, 0.6) is 0 Å². The lowest BCUT2D eigenvalue weighted by atomic mass is 10.0. The third-order valence-corrected chi connectivity index (χ3v) is 18.6. The van der Waals surface area contributed by atoms with Gasteiger partial charge in [0.1, 0.15) is 6.61 Å². The van der Waals surface area contributed by atoms with Gasteiger partial charge in [-0.15, -0.1) is 0 Å². The predicted octanol–water partition coefficient (Wildman–Crippen LogP) is 26.3. The van der Waals surface area contributed by atoms with Crippen molar-refractivity contribution in [1.29, 1.82) is 0 Å². The molecule has 10 heteroatoms. The number of ether oxygens (including phenoxy) is 2. The Morgan fingerprint density at radius 2 is 0.604 bits per heavy atom. The smallest absolute Gasteiger partial charge is 0.462 e. The maximum atomic E-state index is 12.8. The van der Waals surface area contributed by atoms with Crippen LogP contribution in [0.1, 0.15) is 399 Å². The highest BCUT2D eigenvalue weighted by molar-refractivity contribution is 7.47. The molecule has 0 aromatic heterocycles. The minimum absolute atomic E-state index is 0.0550. The number of allylic oxidation sites excluding steroid dienone is 12. The second-order valence-corrected chi connectivity index (χ2v) is 28.0. The van der Waals surface area contributed by atoms with Crippen molar-refractivity contribution in [2.75, 3.05) is 26.4 Å². The molecule has 0 amide bonds. The first-order chi connectivity index (χ1) is 44.8. The lowest BCUT2D eigenvalue weighted by Gasteiger charge is -2.19. The number of rotatable bonds is 75. The summed E-state index contributed by atoms with van der Waals surface area (Å²) in [7, 11) is -4.39. The third kappa shape index (κ3) is 76.4. The molecule has 0 spiro atoms. The molecule has 0 fully saturated rings. The van der Waals surface area contributed by atoms with Crippen molar-refractivity contribution in [2.45, 2.75) is 405 Å². The zero-order chi connectivity index (χ0) is 65.8. The van der Waals surface area contributed by atoms with Crippen molar-refractivity contribution in [1.82, 2.24) is 0 Å². The Labute approximate surface area is 564 Å². The van der Waals surface area contributed by atoms with Crippen LogP contribution in [0.25, 0.3) is 0 Å². The summed E-state index contributed by atoms with van der Waals surface area (Å²) in [5, 5.41) is 0. The average Bonchev–Trinajstić information content (AvgIpc) is 3.74. The maximum absolute atomic E-state index is 12.8. The van der Waals surface area contributed by atoms with E-state index in [1.165, 1.54) is 302 Å². The number of hydrogen-bond acceptors (Lipinski definition) is 8. The number of phosphoric acid groups is 1. The Morgan fingerprint density at radius 1 is 0.341 bits per heavy atom. The molecule has 91 heavy (non-hydrogen) atoms. The lowest BCUT2D eigenvalue weighted by Crippen LogP contribution is -2.29. The van der Waals surface area contributed by atoms with E-state index in [2.05, 4.69) is 86.8 Å². The van der Waals surface area contributed by atoms with Gasteiger partial charge in [0.15, 0.2) is 6.10 Å². The molecular formula is C81H150NO8P. The monoisotopic (exact) mass is 1300 g/mol. The van der Waals surface area contributed by atoms with E-state index in [-0.39, 0.29) is 38.6 Å². The number of carbonyl (C=O) groups is 2. The summed E-state index contributed by atoms with van der Waals surface area (Å²) in [6, 6.07) is 0. The van der Waals surface area contributed by atoms with Crippen molar-refractivity contribution < 1.29 is 37.6 Å². The SMILES string of the molecule is CC/C=C\C/C=C\C/C=C\C/C=C\CCCCCCCCCCCCCCCCCCCCCCCCCCCCCCC(=O)OC(COC(=O)CCCCCCCCCCCCCCCCCCC/C=C\C/C=C\CCCCCCC)COP(=O)(O)OCCN. The molecule has 9 nitrogen and oxygen atoms in total. The van der Waals surface area contributed by atoms with Crippen LogP contribution in [0.15, 0.2) is 72.9 Å². The second-order valence-electron chi connectivity index (χ2n) is 26.6. The normalized spacial score (nSPS) is 13.2. The van der Waals surface area contributed by atoms with Gasteiger partial charge in [-0.1, -0.05) is 376 Å². The molecular weight excluding hydrogens is 1150 g/mol. The van der Waals surface area contributed by atoms with Crippen LogP contribution < -0.4 is 5.73 Å². The number of esters is 2. The fourth-order valence-corrected chi connectivity index (χ4v) is 12.5. The standard InChI is InChI=1S/C81H150NO8P/c1-3-5-7-9-11-13-15-17-19-21-23-25-27-29-31-33-34-35-36-37-38-39-40-41-42-43-44-46-48-50-52-54-56-58-60-62-64-66-68-70-72-74-81(84)90-79(78-89-91(85,86)88-76-75-82)77-87-80(83)73-71-69-67-65-63-61-59-57-55-53-51-49-47-45-32-30-28-26-24-22-20-18-16-14-12-10-8-6-4-2/h5,7,11,13,16-19,22-25,79H,3-4,6,8-10,12,14-15,20-21,26-78,82H2,1-2H3,(H,85,86)/b7-5-,13-11-,18-16-,19-17-,24-22-,25-23-. The molecule has 0 aliphatic carbocycles. The second kappa shape index (κ2) is 76.5. The topological polar surface area (TPSA) is 134 Å². The van der Waals surface area contributed by atoms with E-state index in [1.54, 1.807) is 0 Å². The molecule has 3 N–H and O–H groups in total. The van der Waals surface area contributed by atoms with Crippen molar-refractivity contribution in [2.24, 2.45) is 5.73 Å². The van der Waals surface area contributed by atoms with Gasteiger partial charge in [0.25, 0.3) is 0 Å². The van der Waals surface area contributed by atoms with E-state index in [4.69, 9.17) is 24.3 Å².